The Morgan fingerprint density at radius 3 is 2.29 bits per heavy atom. The number of piperidine rings is 1. The van der Waals surface area contributed by atoms with E-state index in [2.05, 4.69) is 7.05 Å². The number of thiophene rings is 2. The summed E-state index contributed by atoms with van der Waals surface area (Å²) >= 11 is 2.62. The second kappa shape index (κ2) is 7.93. The van der Waals surface area contributed by atoms with E-state index in [9.17, 15) is 18.7 Å². The lowest BCUT2D eigenvalue weighted by atomic mass is 9.93. The molecular formula is C25H24F2NO4S2+. The summed E-state index contributed by atoms with van der Waals surface area (Å²) in [6.45, 7) is 0.351. The molecule has 1 N–H and O–H groups in total. The van der Waals surface area contributed by atoms with Crippen molar-refractivity contribution in [2.75, 3.05) is 7.05 Å². The molecule has 2 aromatic heterocycles. The molecule has 178 valence electrons. The van der Waals surface area contributed by atoms with Crippen LogP contribution in [0.1, 0.15) is 28.2 Å². The molecule has 4 atom stereocenters. The number of quaternary nitrogens is 1. The van der Waals surface area contributed by atoms with Crippen molar-refractivity contribution in [3.05, 3.63) is 80.2 Å². The van der Waals surface area contributed by atoms with Gasteiger partial charge in [0.15, 0.2) is 0 Å². The zero-order valence-electron chi connectivity index (χ0n) is 18.4. The minimum atomic E-state index is -1.85. The number of esters is 1. The topological polar surface area (TPSA) is 59.1 Å². The Balaban J connectivity index is 1.23. The average Bonchev–Trinajstić information content (AvgIpc) is 3.16. The average molecular weight is 505 g/mol. The zero-order valence-corrected chi connectivity index (χ0v) is 20.0. The molecule has 1 aromatic carbocycles. The van der Waals surface area contributed by atoms with Crippen molar-refractivity contribution < 1.29 is 32.6 Å². The monoisotopic (exact) mass is 504 g/mol. The van der Waals surface area contributed by atoms with Gasteiger partial charge in [-0.1, -0.05) is 12.1 Å². The highest BCUT2D eigenvalue weighted by atomic mass is 32.1. The van der Waals surface area contributed by atoms with Crippen LogP contribution in [0.3, 0.4) is 0 Å². The molecule has 0 radical (unpaired) electrons. The van der Waals surface area contributed by atoms with Crippen molar-refractivity contribution in [2.45, 2.75) is 55.4 Å². The fourth-order valence-electron chi connectivity index (χ4n) is 5.95. The van der Waals surface area contributed by atoms with Gasteiger partial charge >= 0.3 is 5.97 Å². The minimum Gasteiger partial charge on any atom is -0.459 e. The first-order chi connectivity index (χ1) is 16.3. The molecule has 3 aromatic rings. The molecule has 4 unspecified atom stereocenters. The van der Waals surface area contributed by atoms with Gasteiger partial charge in [-0.15, -0.1) is 22.7 Å². The number of halogens is 2. The van der Waals surface area contributed by atoms with Gasteiger partial charge in [0.2, 0.25) is 5.60 Å². The summed E-state index contributed by atoms with van der Waals surface area (Å²) in [5, 5.41) is 15.2. The molecule has 0 aliphatic carbocycles. The Bertz CT molecular complexity index is 1160. The molecule has 3 aliphatic heterocycles. The van der Waals surface area contributed by atoms with Crippen LogP contribution in [-0.4, -0.2) is 53.0 Å². The van der Waals surface area contributed by atoms with Gasteiger partial charge in [0.05, 0.1) is 16.8 Å². The third-order valence-corrected chi connectivity index (χ3v) is 9.64. The van der Waals surface area contributed by atoms with Crippen LogP contribution in [0.5, 0.6) is 0 Å². The van der Waals surface area contributed by atoms with E-state index in [1.54, 1.807) is 24.3 Å². The number of nitrogens with zero attached hydrogens (tertiary/aromatic N) is 1. The second-order valence-electron chi connectivity index (χ2n) is 9.60. The normalized spacial score (nSPS) is 31.8. The summed E-state index contributed by atoms with van der Waals surface area (Å²) in [5.41, 5.74) is -1.50. The lowest BCUT2D eigenvalue weighted by Gasteiger charge is -2.48. The largest absolute Gasteiger partial charge is 0.459 e. The van der Waals surface area contributed by atoms with Crippen LogP contribution >= 0.6 is 22.7 Å². The molecule has 0 saturated carbocycles. The summed E-state index contributed by atoms with van der Waals surface area (Å²) < 4.78 is 40.6. The number of ether oxygens (including phenoxy) is 2. The molecule has 5 nitrogen and oxygen atoms in total. The van der Waals surface area contributed by atoms with E-state index in [0.717, 1.165) is 6.07 Å². The van der Waals surface area contributed by atoms with E-state index in [1.807, 2.05) is 10.8 Å². The lowest BCUT2D eigenvalue weighted by Crippen LogP contribution is -2.62. The third-order valence-electron chi connectivity index (χ3n) is 7.69. The first-order valence-corrected chi connectivity index (χ1v) is 13.0. The maximum Gasteiger partial charge on any atom is 0.349 e. The van der Waals surface area contributed by atoms with Crippen LogP contribution in [0.15, 0.2) is 53.2 Å². The van der Waals surface area contributed by atoms with Gasteiger partial charge in [-0.3, -0.25) is 0 Å². The summed E-state index contributed by atoms with van der Waals surface area (Å²) in [6, 6.07) is 10.6. The summed E-state index contributed by atoms with van der Waals surface area (Å²) in [6.07, 6.45) is 0.769. The van der Waals surface area contributed by atoms with Crippen LogP contribution in [0, 0.1) is 11.6 Å². The number of hydrogen-bond donors (Lipinski definition) is 1. The van der Waals surface area contributed by atoms with Gasteiger partial charge in [-0.25, -0.2) is 13.6 Å². The Morgan fingerprint density at radius 2 is 1.74 bits per heavy atom. The third kappa shape index (κ3) is 3.37. The standard InChI is InChI=1S/C25H24F2NO4S2/c1-28(13-14-10-15(26)6-7-17(14)27)18-11-16(12-19(28)23-22(18)32-23)31-24(29)25(30,20-4-2-8-33-20)21-5-3-9-34-21/h2-10,16,18-19,22-23,30H,11-13H2,1H3/q+1. The van der Waals surface area contributed by atoms with Gasteiger partial charge in [0, 0.05) is 18.4 Å². The first-order valence-electron chi connectivity index (χ1n) is 11.3. The van der Waals surface area contributed by atoms with Crippen molar-refractivity contribution in [3.63, 3.8) is 0 Å². The number of likely N-dealkylation sites (N-methyl/N-ethyl adjacent to an activating group) is 1. The van der Waals surface area contributed by atoms with E-state index < -0.39 is 23.2 Å². The predicted molar refractivity (Wildman–Crippen MR) is 123 cm³/mol. The molecule has 34 heavy (non-hydrogen) atoms. The summed E-state index contributed by atoms with van der Waals surface area (Å²) in [7, 11) is 2.06. The molecule has 0 amide bonds. The number of benzene rings is 1. The van der Waals surface area contributed by atoms with Crippen molar-refractivity contribution in [1.29, 1.82) is 0 Å². The molecule has 3 fully saturated rings. The molecule has 0 spiro atoms. The van der Waals surface area contributed by atoms with Crippen molar-refractivity contribution in [3.8, 4) is 0 Å². The highest BCUT2D eigenvalue weighted by Crippen LogP contribution is 2.54. The predicted octanol–water partition coefficient (Wildman–Crippen LogP) is 4.19. The second-order valence-corrected chi connectivity index (χ2v) is 11.5. The van der Waals surface area contributed by atoms with Crippen LogP contribution in [-0.2, 0) is 26.4 Å². The Morgan fingerprint density at radius 1 is 1.12 bits per heavy atom. The number of rotatable bonds is 6. The molecule has 6 rings (SSSR count). The van der Waals surface area contributed by atoms with Crippen LogP contribution in [0.4, 0.5) is 8.78 Å². The Kier molecular flexibility index (Phi) is 5.20. The fourth-order valence-corrected chi connectivity index (χ4v) is 7.66. The van der Waals surface area contributed by atoms with Crippen molar-refractivity contribution in [2.24, 2.45) is 0 Å². The van der Waals surface area contributed by atoms with Crippen molar-refractivity contribution in [1.82, 2.24) is 0 Å². The quantitative estimate of drug-likeness (QED) is 0.311. The summed E-state index contributed by atoms with van der Waals surface area (Å²) in [4.78, 5) is 14.4. The highest BCUT2D eigenvalue weighted by molar-refractivity contribution is 7.12. The minimum absolute atomic E-state index is 0.000728. The summed E-state index contributed by atoms with van der Waals surface area (Å²) in [5.74, 6) is -1.55. The number of fused-ring (bicyclic) bond motifs is 5. The number of epoxide rings is 1. The number of carbonyl (C=O) groups excluding carboxylic acids is 1. The van der Waals surface area contributed by atoms with E-state index in [0.29, 0.717) is 39.2 Å². The van der Waals surface area contributed by atoms with Crippen LogP contribution < -0.4 is 0 Å². The van der Waals surface area contributed by atoms with E-state index in [1.165, 1.54) is 34.8 Å². The van der Waals surface area contributed by atoms with Gasteiger partial charge in [-0.05, 0) is 41.1 Å². The van der Waals surface area contributed by atoms with E-state index in [4.69, 9.17) is 9.47 Å². The van der Waals surface area contributed by atoms with Gasteiger partial charge in [0.25, 0.3) is 0 Å². The fraction of sp³-hybridized carbons (Fsp3) is 0.400. The molecule has 9 heteroatoms. The maximum atomic E-state index is 14.4. The van der Waals surface area contributed by atoms with Crippen LogP contribution in [0.25, 0.3) is 0 Å². The lowest BCUT2D eigenvalue weighted by molar-refractivity contribution is -0.968. The maximum absolute atomic E-state index is 14.4. The SMILES string of the molecule is C[N+]1(Cc2cc(F)ccc2F)C2CC(OC(=O)C(O)(c3cccs3)c3cccs3)CC1C1OC12. The molecule has 5 heterocycles. The Labute approximate surface area is 203 Å². The van der Waals surface area contributed by atoms with E-state index in [-0.39, 0.29) is 30.4 Å². The zero-order chi connectivity index (χ0) is 23.7. The van der Waals surface area contributed by atoms with Crippen molar-refractivity contribution >= 4 is 28.6 Å². The van der Waals surface area contributed by atoms with Crippen LogP contribution in [0.2, 0.25) is 0 Å². The first kappa shape index (κ1) is 22.3. The van der Waals surface area contributed by atoms with Gasteiger partial charge in [0.1, 0.15) is 48.6 Å². The van der Waals surface area contributed by atoms with E-state index >= 15 is 0 Å². The smallest absolute Gasteiger partial charge is 0.349 e. The number of hydrogen-bond acceptors (Lipinski definition) is 6. The number of morpholine rings is 1. The molecule has 3 aliphatic rings. The molecule has 3 saturated heterocycles. The Hall–Kier alpha value is -2.17. The van der Waals surface area contributed by atoms with Gasteiger partial charge in [-0.2, -0.15) is 0 Å². The highest BCUT2D eigenvalue weighted by Gasteiger charge is 2.72. The number of carbonyl (C=O) groups is 1. The number of aliphatic hydroxyl groups is 1. The molecule has 2 bridgehead atoms. The van der Waals surface area contributed by atoms with Gasteiger partial charge < -0.3 is 19.1 Å². The molecular weight excluding hydrogens is 480 g/mol.